The van der Waals surface area contributed by atoms with Gasteiger partial charge in [-0.2, -0.15) is 0 Å². The van der Waals surface area contributed by atoms with Crippen molar-refractivity contribution in [1.82, 2.24) is 0 Å². The van der Waals surface area contributed by atoms with Gasteiger partial charge in [-0.25, -0.2) is 0 Å². The van der Waals surface area contributed by atoms with Crippen LogP contribution in [0.1, 0.15) is 90.9 Å². The minimum absolute atomic E-state index is 0.690. The lowest BCUT2D eigenvalue weighted by atomic mass is 9.95. The first kappa shape index (κ1) is 24.8. The molecule has 0 saturated carbocycles. The molecular weight excluding hydrogens is 408 g/mol. The van der Waals surface area contributed by atoms with Crippen LogP contribution in [0.15, 0.2) is 53.9 Å². The lowest BCUT2D eigenvalue weighted by Gasteiger charge is -2.18. The summed E-state index contributed by atoms with van der Waals surface area (Å²) < 4.78 is 6.33. The third kappa shape index (κ3) is 8.28. The summed E-state index contributed by atoms with van der Waals surface area (Å²) in [6.45, 7) is 5.44. The minimum Gasteiger partial charge on any atom is -0.493 e. The van der Waals surface area contributed by atoms with Gasteiger partial charge in [-0.1, -0.05) is 102 Å². The van der Waals surface area contributed by atoms with Crippen molar-refractivity contribution in [2.24, 2.45) is 5.92 Å². The van der Waals surface area contributed by atoms with Crippen LogP contribution in [0.25, 0.3) is 21.2 Å². The molecule has 3 aromatic rings. The number of ether oxygens (including phenoxy) is 1. The molecule has 0 bridgehead atoms. The Bertz CT molecular complexity index is 883. The molecule has 3 rings (SSSR count). The predicted octanol–water partition coefficient (Wildman–Crippen LogP) is 10.3. The number of rotatable bonds is 16. The second-order valence-electron chi connectivity index (χ2n) is 9.28. The van der Waals surface area contributed by atoms with Crippen molar-refractivity contribution in [2.45, 2.75) is 90.9 Å². The molecule has 2 aromatic carbocycles. The Hall–Kier alpha value is -1.80. The Morgan fingerprint density at radius 2 is 1.38 bits per heavy atom. The molecule has 0 fully saturated rings. The molecule has 0 aliphatic carbocycles. The van der Waals surface area contributed by atoms with Gasteiger partial charge in [0.25, 0.3) is 0 Å². The molecule has 0 aliphatic rings. The fourth-order valence-corrected chi connectivity index (χ4v) is 5.23. The van der Waals surface area contributed by atoms with Crippen molar-refractivity contribution in [3.05, 3.63) is 53.9 Å². The van der Waals surface area contributed by atoms with Gasteiger partial charge < -0.3 is 4.74 Å². The molecule has 2 heteroatoms. The van der Waals surface area contributed by atoms with Gasteiger partial charge in [-0.15, -0.1) is 11.3 Å². The van der Waals surface area contributed by atoms with E-state index in [4.69, 9.17) is 4.74 Å². The first-order valence-electron chi connectivity index (χ1n) is 13.0. The molecule has 174 valence electrons. The number of fused-ring (bicyclic) bond motifs is 1. The number of unbranched alkanes of at least 4 members (excludes halogenated alkanes) is 8. The van der Waals surface area contributed by atoms with Gasteiger partial charge in [0.05, 0.1) is 6.61 Å². The summed E-state index contributed by atoms with van der Waals surface area (Å²) in [5.41, 5.74) is 1.30. The molecule has 1 unspecified atom stereocenters. The summed E-state index contributed by atoms with van der Waals surface area (Å²) in [7, 11) is 0. The lowest BCUT2D eigenvalue weighted by Crippen LogP contribution is -2.12. The maximum atomic E-state index is 6.33. The van der Waals surface area contributed by atoms with Gasteiger partial charge in [-0.3, -0.25) is 0 Å². The van der Waals surface area contributed by atoms with Crippen LogP contribution in [0.2, 0.25) is 0 Å². The number of thiophene rings is 1. The van der Waals surface area contributed by atoms with Crippen molar-refractivity contribution in [3.8, 4) is 16.2 Å². The number of hydrogen-bond acceptors (Lipinski definition) is 2. The maximum Gasteiger partial charge on any atom is 0.119 e. The first-order valence-corrected chi connectivity index (χ1v) is 13.9. The van der Waals surface area contributed by atoms with Crippen LogP contribution in [-0.2, 0) is 0 Å². The van der Waals surface area contributed by atoms with E-state index in [9.17, 15) is 0 Å². The Morgan fingerprint density at radius 1 is 0.719 bits per heavy atom. The van der Waals surface area contributed by atoms with Crippen LogP contribution in [0.5, 0.6) is 5.75 Å². The third-order valence-electron chi connectivity index (χ3n) is 6.53. The van der Waals surface area contributed by atoms with Crippen LogP contribution in [0.4, 0.5) is 0 Å². The fourth-order valence-electron chi connectivity index (χ4n) is 4.51. The highest BCUT2D eigenvalue weighted by Crippen LogP contribution is 2.30. The largest absolute Gasteiger partial charge is 0.493 e. The van der Waals surface area contributed by atoms with Crippen molar-refractivity contribution in [1.29, 1.82) is 0 Å². The Morgan fingerprint density at radius 3 is 2.09 bits per heavy atom. The highest BCUT2D eigenvalue weighted by Gasteiger charge is 2.11. The lowest BCUT2D eigenvalue weighted by molar-refractivity contribution is 0.224. The topological polar surface area (TPSA) is 9.23 Å². The van der Waals surface area contributed by atoms with E-state index in [0.29, 0.717) is 5.92 Å². The van der Waals surface area contributed by atoms with E-state index in [2.05, 4.69) is 67.8 Å². The Labute approximate surface area is 200 Å². The summed E-state index contributed by atoms with van der Waals surface area (Å²) in [6, 6.07) is 17.6. The van der Waals surface area contributed by atoms with Gasteiger partial charge in [0.2, 0.25) is 0 Å². The monoisotopic (exact) mass is 450 g/mol. The smallest absolute Gasteiger partial charge is 0.119 e. The quantitative estimate of drug-likeness (QED) is 0.197. The normalized spacial score (nSPS) is 12.3. The summed E-state index contributed by atoms with van der Waals surface area (Å²) in [5.74, 6) is 1.71. The minimum atomic E-state index is 0.690. The fraction of sp³-hybridized carbons (Fsp3) is 0.533. The predicted molar refractivity (Wildman–Crippen MR) is 143 cm³/mol. The van der Waals surface area contributed by atoms with Crippen molar-refractivity contribution in [2.75, 3.05) is 6.61 Å². The molecule has 0 N–H and O–H groups in total. The Kier molecular flexibility index (Phi) is 11.2. The van der Waals surface area contributed by atoms with Crippen LogP contribution in [0.3, 0.4) is 0 Å². The summed E-state index contributed by atoms with van der Waals surface area (Å²) in [4.78, 5) is 1.33. The molecule has 0 spiro atoms. The van der Waals surface area contributed by atoms with E-state index in [0.717, 1.165) is 12.4 Å². The second-order valence-corrected chi connectivity index (χ2v) is 10.2. The van der Waals surface area contributed by atoms with E-state index in [1.165, 1.54) is 98.3 Å². The zero-order valence-electron chi connectivity index (χ0n) is 20.3. The van der Waals surface area contributed by atoms with E-state index in [1.54, 1.807) is 11.3 Å². The second kappa shape index (κ2) is 14.4. The summed E-state index contributed by atoms with van der Waals surface area (Å²) in [6.07, 6.45) is 16.3. The molecule has 32 heavy (non-hydrogen) atoms. The van der Waals surface area contributed by atoms with Gasteiger partial charge >= 0.3 is 0 Å². The van der Waals surface area contributed by atoms with Gasteiger partial charge in [0, 0.05) is 4.88 Å². The molecule has 1 heterocycles. The van der Waals surface area contributed by atoms with Gasteiger partial charge in [0.15, 0.2) is 0 Å². The third-order valence-corrected chi connectivity index (χ3v) is 7.45. The van der Waals surface area contributed by atoms with Crippen LogP contribution < -0.4 is 4.74 Å². The molecule has 1 aromatic heterocycles. The van der Waals surface area contributed by atoms with Crippen molar-refractivity contribution < 1.29 is 4.74 Å². The van der Waals surface area contributed by atoms with Crippen molar-refractivity contribution >= 4 is 22.1 Å². The standard InChI is InChI=1S/C30H42OS/c1-3-5-7-9-10-12-15-25(14-11-8-6-4-2)24-31-29-20-19-26-22-28(18-17-27(26)23-29)30-16-13-21-32-30/h13,16-23,25H,3-12,14-15,24H2,1-2H3. The highest BCUT2D eigenvalue weighted by atomic mass is 32.1. The number of hydrogen-bond donors (Lipinski definition) is 0. The molecular formula is C30H42OS. The Balaban J connectivity index is 1.53. The molecule has 0 saturated heterocycles. The van der Waals surface area contributed by atoms with E-state index in [-0.39, 0.29) is 0 Å². The van der Waals surface area contributed by atoms with Crippen LogP contribution in [-0.4, -0.2) is 6.61 Å². The van der Waals surface area contributed by atoms with E-state index >= 15 is 0 Å². The molecule has 1 atom stereocenters. The van der Waals surface area contributed by atoms with E-state index < -0.39 is 0 Å². The summed E-state index contributed by atoms with van der Waals surface area (Å²) in [5, 5.41) is 4.69. The average Bonchev–Trinajstić information content (AvgIpc) is 3.36. The average molecular weight is 451 g/mol. The van der Waals surface area contributed by atoms with Gasteiger partial charge in [-0.05, 0) is 64.7 Å². The molecule has 0 aliphatic heterocycles. The van der Waals surface area contributed by atoms with Crippen LogP contribution >= 0.6 is 11.3 Å². The zero-order chi connectivity index (χ0) is 22.4. The van der Waals surface area contributed by atoms with E-state index in [1.807, 2.05) is 0 Å². The first-order chi connectivity index (χ1) is 15.8. The highest BCUT2D eigenvalue weighted by molar-refractivity contribution is 7.13. The molecule has 0 radical (unpaired) electrons. The van der Waals surface area contributed by atoms with Gasteiger partial charge in [0.1, 0.15) is 5.75 Å². The zero-order valence-corrected chi connectivity index (χ0v) is 21.1. The SMILES string of the molecule is CCCCCCCCC(CCCCCC)COc1ccc2cc(-c3cccs3)ccc2c1. The molecule has 0 amide bonds. The number of benzene rings is 2. The van der Waals surface area contributed by atoms with Crippen LogP contribution in [0, 0.1) is 5.92 Å². The van der Waals surface area contributed by atoms with Crippen molar-refractivity contribution in [3.63, 3.8) is 0 Å². The maximum absolute atomic E-state index is 6.33. The molecule has 1 nitrogen and oxygen atoms in total. The summed E-state index contributed by atoms with van der Waals surface area (Å²) >= 11 is 1.80.